The topological polar surface area (TPSA) is 0 Å². The van der Waals surface area contributed by atoms with Crippen molar-refractivity contribution in [1.29, 1.82) is 0 Å². The molecule has 0 spiro atoms. The van der Waals surface area contributed by atoms with Crippen molar-refractivity contribution in [1.82, 2.24) is 0 Å². The van der Waals surface area contributed by atoms with E-state index in [-0.39, 0.29) is 0 Å². The highest BCUT2D eigenvalue weighted by Gasteiger charge is 2.56. The zero-order valence-corrected chi connectivity index (χ0v) is 13.5. The van der Waals surface area contributed by atoms with Crippen LogP contribution < -0.4 is 0 Å². The van der Waals surface area contributed by atoms with Crippen molar-refractivity contribution in [2.45, 2.75) is 65.7 Å². The third kappa shape index (κ3) is 1.66. The molecule has 0 amide bonds. The summed E-state index contributed by atoms with van der Waals surface area (Å²) >= 11 is 0. The summed E-state index contributed by atoms with van der Waals surface area (Å²) in [5, 5.41) is 0. The molecule has 0 bridgehead atoms. The second-order valence-electron chi connectivity index (χ2n) is 8.80. The van der Waals surface area contributed by atoms with Gasteiger partial charge in [-0.25, -0.2) is 0 Å². The van der Waals surface area contributed by atoms with E-state index < -0.39 is 0 Å². The van der Waals surface area contributed by atoms with E-state index >= 15 is 0 Å². The summed E-state index contributed by atoms with van der Waals surface area (Å²) in [5.74, 6) is 3.92. The molecule has 0 unspecified atom stereocenters. The number of rotatable bonds is 0. The van der Waals surface area contributed by atoms with Gasteiger partial charge in [0.2, 0.25) is 0 Å². The maximum atomic E-state index is 2.61. The second-order valence-corrected chi connectivity index (χ2v) is 8.80. The van der Waals surface area contributed by atoms with Crippen LogP contribution in [-0.4, -0.2) is 0 Å². The summed E-state index contributed by atoms with van der Waals surface area (Å²) in [5.41, 5.74) is 2.86. The highest BCUT2D eigenvalue weighted by Crippen LogP contribution is 2.65. The smallest absolute Gasteiger partial charge is 0.00936 e. The zero-order chi connectivity index (χ0) is 14.0. The van der Waals surface area contributed by atoms with E-state index in [1.54, 1.807) is 5.57 Å². The minimum Gasteiger partial charge on any atom is -0.0839 e. The first-order valence-corrected chi connectivity index (χ1v) is 8.90. The van der Waals surface area contributed by atoms with E-state index in [0.29, 0.717) is 10.8 Å². The molecule has 0 heteroatoms. The maximum Gasteiger partial charge on any atom is 0.00936 e. The number of hydrogen-bond donors (Lipinski definition) is 0. The van der Waals surface area contributed by atoms with E-state index in [2.05, 4.69) is 39.0 Å². The van der Waals surface area contributed by atoms with Gasteiger partial charge in [0, 0.05) is 5.41 Å². The number of hydrogen-bond acceptors (Lipinski definition) is 0. The molecule has 20 heavy (non-hydrogen) atoms. The lowest BCUT2D eigenvalue weighted by molar-refractivity contribution is -0.0153. The highest BCUT2D eigenvalue weighted by molar-refractivity contribution is 5.31. The largest absolute Gasteiger partial charge is 0.0839 e. The fraction of sp³-hybridized carbons (Fsp3) is 0.800. The Morgan fingerprint density at radius 3 is 2.85 bits per heavy atom. The fourth-order valence-corrected chi connectivity index (χ4v) is 6.76. The minimum atomic E-state index is 0.411. The Hall–Kier alpha value is -0.520. The lowest BCUT2D eigenvalue weighted by Crippen LogP contribution is -2.47. The SMILES string of the molecule is C[C@@H]1C[C@H]2[C@@H]3CCC4=CCC=C[C@]4(C)[C@H]3CC[C@]2(C)C1. The summed E-state index contributed by atoms with van der Waals surface area (Å²) < 4.78 is 0. The zero-order valence-electron chi connectivity index (χ0n) is 13.5. The molecule has 4 aliphatic carbocycles. The van der Waals surface area contributed by atoms with Gasteiger partial charge in [-0.1, -0.05) is 44.6 Å². The van der Waals surface area contributed by atoms with Crippen LogP contribution in [0.3, 0.4) is 0 Å². The molecule has 0 aromatic carbocycles. The molecule has 0 aliphatic heterocycles. The molecule has 0 nitrogen and oxygen atoms in total. The van der Waals surface area contributed by atoms with E-state index in [1.807, 2.05) is 0 Å². The lowest BCUT2D eigenvalue weighted by Gasteiger charge is -2.56. The molecular formula is C20H30. The van der Waals surface area contributed by atoms with Gasteiger partial charge in [0.25, 0.3) is 0 Å². The molecule has 3 fully saturated rings. The van der Waals surface area contributed by atoms with Crippen LogP contribution in [-0.2, 0) is 0 Å². The van der Waals surface area contributed by atoms with Crippen LogP contribution in [0.4, 0.5) is 0 Å². The van der Waals surface area contributed by atoms with E-state index in [0.717, 1.165) is 23.7 Å². The Balaban J connectivity index is 1.69. The summed E-state index contributed by atoms with van der Waals surface area (Å²) in [6.07, 6.45) is 17.6. The van der Waals surface area contributed by atoms with Crippen molar-refractivity contribution in [2.75, 3.05) is 0 Å². The Bertz CT molecular complexity index is 470. The molecule has 4 aliphatic rings. The molecule has 0 heterocycles. The average molecular weight is 270 g/mol. The van der Waals surface area contributed by atoms with Gasteiger partial charge < -0.3 is 0 Å². The van der Waals surface area contributed by atoms with Gasteiger partial charge in [-0.3, -0.25) is 0 Å². The van der Waals surface area contributed by atoms with Crippen LogP contribution in [0.25, 0.3) is 0 Å². The summed E-state index contributed by atoms with van der Waals surface area (Å²) in [6, 6.07) is 0. The molecule has 0 aromatic heterocycles. The van der Waals surface area contributed by atoms with Crippen LogP contribution in [0.5, 0.6) is 0 Å². The molecule has 0 aromatic rings. The van der Waals surface area contributed by atoms with Crippen LogP contribution in [0.15, 0.2) is 23.8 Å². The minimum absolute atomic E-state index is 0.411. The predicted octanol–water partition coefficient (Wildman–Crippen LogP) is 5.75. The molecule has 0 radical (unpaired) electrons. The van der Waals surface area contributed by atoms with Crippen molar-refractivity contribution < 1.29 is 0 Å². The van der Waals surface area contributed by atoms with Crippen molar-refractivity contribution in [3.05, 3.63) is 23.8 Å². The molecule has 110 valence electrons. The van der Waals surface area contributed by atoms with Crippen molar-refractivity contribution in [3.63, 3.8) is 0 Å². The highest BCUT2D eigenvalue weighted by atomic mass is 14.6. The van der Waals surface area contributed by atoms with Crippen LogP contribution in [0.1, 0.15) is 65.7 Å². The van der Waals surface area contributed by atoms with E-state index in [9.17, 15) is 0 Å². The third-order valence-corrected chi connectivity index (χ3v) is 7.60. The average Bonchev–Trinajstić information content (AvgIpc) is 2.72. The van der Waals surface area contributed by atoms with Gasteiger partial charge >= 0.3 is 0 Å². The molecule has 4 rings (SSSR count). The first-order chi connectivity index (χ1) is 9.53. The third-order valence-electron chi connectivity index (χ3n) is 7.60. The molecule has 3 saturated carbocycles. The monoisotopic (exact) mass is 270 g/mol. The molecular weight excluding hydrogens is 240 g/mol. The van der Waals surface area contributed by atoms with Gasteiger partial charge in [-0.05, 0) is 74.0 Å². The summed E-state index contributed by atoms with van der Waals surface area (Å²) in [6.45, 7) is 7.66. The van der Waals surface area contributed by atoms with Crippen molar-refractivity contribution in [2.24, 2.45) is 34.5 Å². The standard InChI is InChI=1S/C20H30/c1-14-12-18-16-8-7-15-6-4-5-10-20(15,3)17(16)9-11-19(18,2)13-14/h5-6,10,14,16-18H,4,7-9,11-13H2,1-3H3/t14-,16-,17+,18+,19-,20+/m1/s1. The summed E-state index contributed by atoms with van der Waals surface area (Å²) in [4.78, 5) is 0. The fourth-order valence-electron chi connectivity index (χ4n) is 6.76. The normalized spacial score (nSPS) is 53.9. The quantitative estimate of drug-likeness (QED) is 0.491. The van der Waals surface area contributed by atoms with E-state index in [4.69, 9.17) is 0 Å². The molecule has 0 saturated heterocycles. The molecule has 6 atom stereocenters. The van der Waals surface area contributed by atoms with Gasteiger partial charge in [-0.2, -0.15) is 0 Å². The Morgan fingerprint density at radius 2 is 2.00 bits per heavy atom. The lowest BCUT2D eigenvalue weighted by atomic mass is 9.48. The Labute approximate surface area is 124 Å². The van der Waals surface area contributed by atoms with E-state index in [1.165, 1.54) is 44.9 Å². The van der Waals surface area contributed by atoms with Crippen LogP contribution in [0.2, 0.25) is 0 Å². The van der Waals surface area contributed by atoms with Crippen LogP contribution in [0, 0.1) is 34.5 Å². The molecule has 0 N–H and O–H groups in total. The first kappa shape index (κ1) is 13.2. The van der Waals surface area contributed by atoms with Crippen molar-refractivity contribution >= 4 is 0 Å². The summed E-state index contributed by atoms with van der Waals surface area (Å²) in [7, 11) is 0. The first-order valence-electron chi connectivity index (χ1n) is 8.90. The predicted molar refractivity (Wildman–Crippen MR) is 85.4 cm³/mol. The second kappa shape index (κ2) is 4.24. The number of fused-ring (bicyclic) bond motifs is 5. The van der Waals surface area contributed by atoms with Gasteiger partial charge in [-0.15, -0.1) is 0 Å². The van der Waals surface area contributed by atoms with Gasteiger partial charge in [0.1, 0.15) is 0 Å². The van der Waals surface area contributed by atoms with Gasteiger partial charge in [0.15, 0.2) is 0 Å². The van der Waals surface area contributed by atoms with Crippen LogP contribution >= 0.6 is 0 Å². The Morgan fingerprint density at radius 1 is 1.15 bits per heavy atom. The Kier molecular flexibility index (Phi) is 2.79. The maximum absolute atomic E-state index is 2.61. The van der Waals surface area contributed by atoms with Gasteiger partial charge in [0.05, 0.1) is 0 Å². The number of allylic oxidation sites excluding steroid dienone is 4. The van der Waals surface area contributed by atoms with Crippen molar-refractivity contribution in [3.8, 4) is 0 Å².